The monoisotopic (exact) mass is 371 g/mol. The van der Waals surface area contributed by atoms with E-state index in [9.17, 15) is 0 Å². The molecule has 0 radical (unpaired) electrons. The van der Waals surface area contributed by atoms with E-state index in [4.69, 9.17) is 9.90 Å². The highest BCUT2D eigenvalue weighted by Crippen LogP contribution is 2.42. The first-order valence-corrected chi connectivity index (χ1v) is 9.30. The lowest BCUT2D eigenvalue weighted by atomic mass is 9.93. The number of pyridine rings is 2. The van der Waals surface area contributed by atoms with Crippen molar-refractivity contribution in [1.82, 2.24) is 4.98 Å². The molecule has 0 aliphatic carbocycles. The Balaban J connectivity index is 1.86. The largest absolute Gasteiger partial charge is 0.437 e. The zero-order chi connectivity index (χ0) is 22.8. The maximum Gasteiger partial charge on any atom is 0.227 e. The standard InChI is InChI=1S/C25H23N2O/c1-15(2)17-11-12-21(27(4)14-17)22-16(3)18-8-5-6-9-19(18)23-20-10-7-13-26-25(20)28-24(22)23/h5-15H,1-4H3/q+1/i1D3,15D. The second kappa shape index (κ2) is 6.16. The fraction of sp³-hybridized carbons (Fsp3) is 0.200. The molecular weight excluding hydrogens is 344 g/mol. The summed E-state index contributed by atoms with van der Waals surface area (Å²) >= 11 is 0. The van der Waals surface area contributed by atoms with Gasteiger partial charge in [-0.25, -0.2) is 9.55 Å². The molecule has 0 N–H and O–H groups in total. The molecule has 0 fully saturated rings. The number of furan rings is 1. The van der Waals surface area contributed by atoms with Gasteiger partial charge in [-0.15, -0.1) is 0 Å². The molecule has 5 aromatic rings. The normalized spacial score (nSPS) is 16.5. The van der Waals surface area contributed by atoms with E-state index in [1.54, 1.807) is 18.5 Å². The van der Waals surface area contributed by atoms with Gasteiger partial charge in [0, 0.05) is 34.1 Å². The minimum absolute atomic E-state index is 0.435. The number of hydrogen-bond acceptors (Lipinski definition) is 2. The second-order valence-electron chi connectivity index (χ2n) is 7.25. The van der Waals surface area contributed by atoms with E-state index in [1.165, 1.54) is 6.92 Å². The topological polar surface area (TPSA) is 29.9 Å². The highest BCUT2D eigenvalue weighted by atomic mass is 16.3. The van der Waals surface area contributed by atoms with Crippen LogP contribution in [0.3, 0.4) is 0 Å². The fourth-order valence-electron chi connectivity index (χ4n) is 4.11. The van der Waals surface area contributed by atoms with E-state index < -0.39 is 12.7 Å². The molecule has 0 spiro atoms. The zero-order valence-corrected chi connectivity index (χ0v) is 16.1. The lowest BCUT2D eigenvalue weighted by Gasteiger charge is -2.11. The average Bonchev–Trinajstić information content (AvgIpc) is 3.13. The Morgan fingerprint density at radius 2 is 1.86 bits per heavy atom. The van der Waals surface area contributed by atoms with Gasteiger partial charge in [0.05, 0.1) is 5.56 Å². The molecule has 3 heterocycles. The summed E-state index contributed by atoms with van der Waals surface area (Å²) in [5.74, 6) is -1.71. The van der Waals surface area contributed by atoms with Crippen molar-refractivity contribution in [2.45, 2.75) is 26.6 Å². The third kappa shape index (κ3) is 2.36. The van der Waals surface area contributed by atoms with Gasteiger partial charge in [0.15, 0.2) is 11.8 Å². The summed E-state index contributed by atoms with van der Waals surface area (Å²) < 4.78 is 39.9. The molecule has 1 unspecified atom stereocenters. The quantitative estimate of drug-likeness (QED) is 0.353. The van der Waals surface area contributed by atoms with Crippen molar-refractivity contribution in [1.29, 1.82) is 0 Å². The molecule has 1 atom stereocenters. The number of benzene rings is 2. The molecular formula is C25H23N2O+. The van der Waals surface area contributed by atoms with Gasteiger partial charge in [-0.05, 0) is 47.4 Å². The fourth-order valence-corrected chi connectivity index (χ4v) is 4.11. The van der Waals surface area contributed by atoms with Crippen LogP contribution in [0.5, 0.6) is 0 Å². The van der Waals surface area contributed by atoms with Gasteiger partial charge < -0.3 is 4.42 Å². The molecule has 0 saturated carbocycles. The number of aryl methyl sites for hydroxylation is 2. The lowest BCUT2D eigenvalue weighted by molar-refractivity contribution is -0.660. The van der Waals surface area contributed by atoms with Crippen LogP contribution in [0.2, 0.25) is 0 Å². The van der Waals surface area contributed by atoms with Crippen LogP contribution >= 0.6 is 0 Å². The average molecular weight is 371 g/mol. The summed E-state index contributed by atoms with van der Waals surface area (Å²) in [6.07, 6.45) is 3.45. The maximum atomic E-state index is 8.44. The van der Waals surface area contributed by atoms with Gasteiger partial charge in [-0.2, -0.15) is 0 Å². The third-order valence-corrected chi connectivity index (χ3v) is 5.49. The van der Waals surface area contributed by atoms with Gasteiger partial charge in [-0.3, -0.25) is 0 Å². The first-order chi connectivity index (χ1) is 15.1. The molecule has 3 heteroatoms. The Labute approximate surface area is 169 Å². The molecule has 3 aromatic heterocycles. The molecule has 0 saturated heterocycles. The van der Waals surface area contributed by atoms with Crippen molar-refractivity contribution in [2.24, 2.45) is 7.05 Å². The van der Waals surface area contributed by atoms with Crippen molar-refractivity contribution in [3.63, 3.8) is 0 Å². The van der Waals surface area contributed by atoms with Gasteiger partial charge >= 0.3 is 0 Å². The smallest absolute Gasteiger partial charge is 0.227 e. The lowest BCUT2D eigenvalue weighted by Crippen LogP contribution is -2.31. The van der Waals surface area contributed by atoms with E-state index >= 15 is 0 Å². The van der Waals surface area contributed by atoms with E-state index in [0.717, 1.165) is 43.9 Å². The van der Waals surface area contributed by atoms with Gasteiger partial charge in [0.25, 0.3) is 0 Å². The Kier molecular flexibility index (Phi) is 2.87. The predicted molar refractivity (Wildman–Crippen MR) is 114 cm³/mol. The first-order valence-electron chi connectivity index (χ1n) is 11.3. The number of rotatable bonds is 2. The first kappa shape index (κ1) is 13.1. The van der Waals surface area contributed by atoms with E-state index in [1.807, 2.05) is 41.9 Å². The molecule has 5 rings (SSSR count). The highest BCUT2D eigenvalue weighted by Gasteiger charge is 2.24. The molecule has 0 amide bonds. The minimum atomic E-state index is -2.43. The van der Waals surface area contributed by atoms with E-state index in [0.29, 0.717) is 11.3 Å². The summed E-state index contributed by atoms with van der Waals surface area (Å²) in [7, 11) is 1.87. The summed E-state index contributed by atoms with van der Waals surface area (Å²) in [6.45, 7) is 1.07. The number of aromatic nitrogens is 2. The number of nitrogens with zero attached hydrogens (tertiary/aromatic N) is 2. The Hall–Kier alpha value is -3.20. The van der Waals surface area contributed by atoms with Gasteiger partial charge in [0.1, 0.15) is 7.05 Å². The Morgan fingerprint density at radius 1 is 1.07 bits per heavy atom. The van der Waals surface area contributed by atoms with Crippen molar-refractivity contribution >= 4 is 32.8 Å². The number of fused-ring (bicyclic) bond motifs is 5. The molecule has 0 aliphatic heterocycles. The van der Waals surface area contributed by atoms with Crippen LogP contribution in [0.15, 0.2) is 65.3 Å². The predicted octanol–water partition coefficient (Wildman–Crippen LogP) is 6.06. The second-order valence-corrected chi connectivity index (χ2v) is 7.25. The van der Waals surface area contributed by atoms with Gasteiger partial charge in [0.2, 0.25) is 11.4 Å². The summed E-state index contributed by atoms with van der Waals surface area (Å²) in [5.41, 5.74) is 4.65. The van der Waals surface area contributed by atoms with Crippen LogP contribution in [0, 0.1) is 6.92 Å². The Morgan fingerprint density at radius 3 is 2.64 bits per heavy atom. The molecule has 0 bridgehead atoms. The zero-order valence-electron chi connectivity index (χ0n) is 20.1. The van der Waals surface area contributed by atoms with Crippen LogP contribution in [0.25, 0.3) is 44.1 Å². The maximum absolute atomic E-state index is 8.44. The van der Waals surface area contributed by atoms with Crippen molar-refractivity contribution in [3.05, 3.63) is 72.1 Å². The van der Waals surface area contributed by atoms with Crippen molar-refractivity contribution in [2.75, 3.05) is 0 Å². The molecule has 138 valence electrons. The summed E-state index contributed by atoms with van der Waals surface area (Å²) in [6, 6.07) is 15.8. The minimum Gasteiger partial charge on any atom is -0.437 e. The van der Waals surface area contributed by atoms with Crippen LogP contribution in [0.4, 0.5) is 0 Å². The van der Waals surface area contributed by atoms with Gasteiger partial charge in [-0.1, -0.05) is 38.0 Å². The molecule has 0 aliphatic rings. The van der Waals surface area contributed by atoms with Crippen LogP contribution in [0.1, 0.15) is 36.3 Å². The van der Waals surface area contributed by atoms with Crippen molar-refractivity contribution < 1.29 is 14.5 Å². The molecule has 28 heavy (non-hydrogen) atoms. The molecule has 3 nitrogen and oxygen atoms in total. The van der Waals surface area contributed by atoms with E-state index in [2.05, 4.69) is 24.0 Å². The highest BCUT2D eigenvalue weighted by molar-refractivity contribution is 6.22. The van der Waals surface area contributed by atoms with E-state index in [-0.39, 0.29) is 0 Å². The number of hydrogen-bond donors (Lipinski definition) is 0. The molecule has 2 aromatic carbocycles. The van der Waals surface area contributed by atoms with Crippen LogP contribution in [-0.4, -0.2) is 4.98 Å². The summed E-state index contributed by atoms with van der Waals surface area (Å²) in [4.78, 5) is 4.42. The summed E-state index contributed by atoms with van der Waals surface area (Å²) in [5, 5.41) is 4.20. The van der Waals surface area contributed by atoms with Crippen LogP contribution < -0.4 is 4.57 Å². The SMILES string of the molecule is [2H]C([2H])([2H])C([2H])(C)c1ccc(-c2c(C)c3ccccc3c3c2oc2ncccc23)[n+](C)c1. The van der Waals surface area contributed by atoms with Crippen LogP contribution in [-0.2, 0) is 7.05 Å². The van der Waals surface area contributed by atoms with Crippen molar-refractivity contribution in [3.8, 4) is 11.3 Å². The Bertz CT molecular complexity index is 1520. The third-order valence-electron chi connectivity index (χ3n) is 5.49.